The van der Waals surface area contributed by atoms with Gasteiger partial charge in [0.05, 0.1) is 13.7 Å². The first-order chi connectivity index (χ1) is 13.5. The number of amides is 2. The Morgan fingerprint density at radius 2 is 1.68 bits per heavy atom. The van der Waals surface area contributed by atoms with Gasteiger partial charge in [0.2, 0.25) is 11.8 Å². The Bertz CT molecular complexity index is 774. The van der Waals surface area contributed by atoms with Gasteiger partial charge in [-0.15, -0.1) is 0 Å². The zero-order valence-corrected chi connectivity index (χ0v) is 16.7. The molecule has 0 radical (unpaired) electrons. The topological polar surface area (TPSA) is 67.9 Å². The van der Waals surface area contributed by atoms with Crippen molar-refractivity contribution in [2.45, 2.75) is 26.8 Å². The number of hydrogen-bond donors (Lipinski definition) is 1. The molecule has 0 bridgehead atoms. The molecule has 2 aromatic rings. The van der Waals surface area contributed by atoms with E-state index in [9.17, 15) is 9.59 Å². The van der Waals surface area contributed by atoms with Gasteiger partial charge in [0, 0.05) is 26.4 Å². The van der Waals surface area contributed by atoms with E-state index in [1.165, 1.54) is 6.92 Å². The predicted molar refractivity (Wildman–Crippen MR) is 108 cm³/mol. The normalized spacial score (nSPS) is 10.2. The van der Waals surface area contributed by atoms with Gasteiger partial charge in [-0.3, -0.25) is 9.59 Å². The number of nitrogens with one attached hydrogen (secondary N) is 1. The van der Waals surface area contributed by atoms with Crippen LogP contribution in [0.15, 0.2) is 48.5 Å². The Hall–Kier alpha value is -3.02. The van der Waals surface area contributed by atoms with E-state index < -0.39 is 0 Å². The molecule has 0 unspecified atom stereocenters. The van der Waals surface area contributed by atoms with E-state index >= 15 is 0 Å². The highest BCUT2D eigenvalue weighted by molar-refractivity contribution is 5.78. The van der Waals surface area contributed by atoms with Gasteiger partial charge in [0.1, 0.15) is 18.1 Å². The monoisotopic (exact) mass is 384 g/mol. The molecule has 0 aromatic heterocycles. The van der Waals surface area contributed by atoms with Crippen LogP contribution in [-0.2, 0) is 16.1 Å². The van der Waals surface area contributed by atoms with Crippen molar-refractivity contribution in [3.05, 3.63) is 59.7 Å². The fourth-order valence-corrected chi connectivity index (χ4v) is 2.70. The zero-order valence-electron chi connectivity index (χ0n) is 16.7. The number of ether oxygens (including phenoxy) is 2. The summed E-state index contributed by atoms with van der Waals surface area (Å²) in [4.78, 5) is 25.6. The van der Waals surface area contributed by atoms with Crippen LogP contribution in [0.25, 0.3) is 0 Å². The summed E-state index contributed by atoms with van der Waals surface area (Å²) in [6.07, 6.45) is 0.258. The molecular formula is C22H28N2O4. The number of carbonyl (C=O) groups excluding carboxylic acids is 2. The van der Waals surface area contributed by atoms with E-state index in [1.807, 2.05) is 55.5 Å². The van der Waals surface area contributed by atoms with Gasteiger partial charge in [-0.2, -0.15) is 0 Å². The molecule has 2 aromatic carbocycles. The van der Waals surface area contributed by atoms with E-state index in [-0.39, 0.29) is 18.2 Å². The van der Waals surface area contributed by atoms with Crippen LogP contribution in [0, 0.1) is 6.92 Å². The molecule has 0 saturated heterocycles. The van der Waals surface area contributed by atoms with Crippen molar-refractivity contribution >= 4 is 11.8 Å². The van der Waals surface area contributed by atoms with Gasteiger partial charge in [-0.1, -0.05) is 24.3 Å². The van der Waals surface area contributed by atoms with E-state index in [4.69, 9.17) is 9.47 Å². The Labute approximate surface area is 166 Å². The highest BCUT2D eigenvalue weighted by Gasteiger charge is 2.11. The smallest absolute Gasteiger partial charge is 0.222 e. The molecule has 6 heteroatoms. The fraction of sp³-hybridized carbons (Fsp3) is 0.364. The Morgan fingerprint density at radius 3 is 2.32 bits per heavy atom. The summed E-state index contributed by atoms with van der Waals surface area (Å²) in [5.74, 6) is 1.31. The van der Waals surface area contributed by atoms with Gasteiger partial charge in [-0.25, -0.2) is 0 Å². The van der Waals surface area contributed by atoms with Crippen LogP contribution >= 0.6 is 0 Å². The molecule has 0 atom stereocenters. The number of nitrogens with zero attached hydrogens (tertiary/aromatic N) is 1. The van der Waals surface area contributed by atoms with E-state index in [1.54, 1.807) is 12.0 Å². The number of methoxy groups -OCH3 is 1. The summed E-state index contributed by atoms with van der Waals surface area (Å²) < 4.78 is 10.8. The maximum absolute atomic E-state index is 12.1. The molecular weight excluding hydrogens is 356 g/mol. The summed E-state index contributed by atoms with van der Waals surface area (Å²) in [7, 11) is 1.61. The van der Waals surface area contributed by atoms with Gasteiger partial charge >= 0.3 is 0 Å². The molecule has 2 amide bonds. The molecule has 0 saturated carbocycles. The van der Waals surface area contributed by atoms with Crippen molar-refractivity contribution in [3.63, 3.8) is 0 Å². The average molecular weight is 384 g/mol. The van der Waals surface area contributed by atoms with Crippen molar-refractivity contribution in [2.75, 3.05) is 26.8 Å². The summed E-state index contributed by atoms with van der Waals surface area (Å²) in [5.41, 5.74) is 2.23. The second kappa shape index (κ2) is 11.0. The first-order valence-corrected chi connectivity index (χ1v) is 9.33. The SMILES string of the molecule is COc1ccc(OCCN(CCC(=O)NCc2ccccc2C)C(C)=O)cc1. The van der Waals surface area contributed by atoms with Gasteiger partial charge in [-0.05, 0) is 42.3 Å². The molecule has 0 aliphatic carbocycles. The van der Waals surface area contributed by atoms with Crippen LogP contribution in [0.3, 0.4) is 0 Å². The van der Waals surface area contributed by atoms with E-state index in [2.05, 4.69) is 5.32 Å². The lowest BCUT2D eigenvalue weighted by molar-refractivity contribution is -0.130. The predicted octanol–water partition coefficient (Wildman–Crippen LogP) is 2.94. The molecule has 0 fully saturated rings. The molecule has 0 heterocycles. The Balaban J connectivity index is 1.73. The quantitative estimate of drug-likeness (QED) is 0.684. The summed E-state index contributed by atoms with van der Waals surface area (Å²) in [5, 5.41) is 2.91. The third kappa shape index (κ3) is 6.95. The molecule has 6 nitrogen and oxygen atoms in total. The lowest BCUT2D eigenvalue weighted by Gasteiger charge is -2.21. The maximum atomic E-state index is 12.1. The van der Waals surface area contributed by atoms with Crippen LogP contribution in [0.1, 0.15) is 24.5 Å². The third-order valence-corrected chi connectivity index (χ3v) is 4.48. The first-order valence-electron chi connectivity index (χ1n) is 9.33. The lowest BCUT2D eigenvalue weighted by atomic mass is 10.1. The lowest BCUT2D eigenvalue weighted by Crippen LogP contribution is -2.36. The molecule has 28 heavy (non-hydrogen) atoms. The second-order valence-electron chi connectivity index (χ2n) is 6.48. The zero-order chi connectivity index (χ0) is 20.4. The third-order valence-electron chi connectivity index (χ3n) is 4.48. The fourth-order valence-electron chi connectivity index (χ4n) is 2.70. The minimum atomic E-state index is -0.0787. The Morgan fingerprint density at radius 1 is 1.00 bits per heavy atom. The van der Waals surface area contributed by atoms with Crippen LogP contribution in [-0.4, -0.2) is 43.5 Å². The number of hydrogen-bond acceptors (Lipinski definition) is 4. The average Bonchev–Trinajstić information content (AvgIpc) is 2.70. The van der Waals surface area contributed by atoms with Gasteiger partial charge in [0.15, 0.2) is 0 Å². The number of benzene rings is 2. The molecule has 1 N–H and O–H groups in total. The molecule has 150 valence electrons. The standard InChI is InChI=1S/C22H28N2O4/c1-17-6-4-5-7-19(17)16-23-22(26)12-13-24(18(2)25)14-15-28-21-10-8-20(27-3)9-11-21/h4-11H,12-16H2,1-3H3,(H,23,26). The van der Waals surface area contributed by atoms with Gasteiger partial charge in [0.25, 0.3) is 0 Å². The van der Waals surface area contributed by atoms with Crippen LogP contribution in [0.2, 0.25) is 0 Å². The van der Waals surface area contributed by atoms with E-state index in [0.29, 0.717) is 32.0 Å². The molecule has 0 spiro atoms. The number of carbonyl (C=O) groups is 2. The highest BCUT2D eigenvalue weighted by Crippen LogP contribution is 2.16. The first kappa shape index (κ1) is 21.3. The van der Waals surface area contributed by atoms with Crippen molar-refractivity contribution in [1.82, 2.24) is 10.2 Å². The molecule has 2 rings (SSSR count). The largest absolute Gasteiger partial charge is 0.497 e. The number of rotatable bonds is 10. The molecule has 0 aliphatic heterocycles. The van der Waals surface area contributed by atoms with Crippen LogP contribution in [0.5, 0.6) is 11.5 Å². The number of aryl methyl sites for hydroxylation is 1. The van der Waals surface area contributed by atoms with Crippen molar-refractivity contribution in [3.8, 4) is 11.5 Å². The van der Waals surface area contributed by atoms with Crippen molar-refractivity contribution < 1.29 is 19.1 Å². The van der Waals surface area contributed by atoms with Crippen LogP contribution < -0.4 is 14.8 Å². The maximum Gasteiger partial charge on any atom is 0.222 e. The van der Waals surface area contributed by atoms with E-state index in [0.717, 1.165) is 16.9 Å². The minimum Gasteiger partial charge on any atom is -0.497 e. The van der Waals surface area contributed by atoms with Crippen LogP contribution in [0.4, 0.5) is 0 Å². The second-order valence-corrected chi connectivity index (χ2v) is 6.48. The van der Waals surface area contributed by atoms with Gasteiger partial charge < -0.3 is 19.7 Å². The van der Waals surface area contributed by atoms with Crippen molar-refractivity contribution in [2.24, 2.45) is 0 Å². The Kier molecular flexibility index (Phi) is 8.34. The molecule has 0 aliphatic rings. The summed E-state index contributed by atoms with van der Waals surface area (Å²) >= 11 is 0. The summed E-state index contributed by atoms with van der Waals surface area (Å²) in [6.45, 7) is 5.15. The highest BCUT2D eigenvalue weighted by atomic mass is 16.5. The van der Waals surface area contributed by atoms with Crippen molar-refractivity contribution in [1.29, 1.82) is 0 Å². The minimum absolute atomic E-state index is 0.0782. The summed E-state index contributed by atoms with van der Waals surface area (Å²) in [6, 6.07) is 15.2.